The zero-order valence-electron chi connectivity index (χ0n) is 20.2. The number of aliphatic hydroxyl groups excluding tert-OH is 1. The van der Waals surface area contributed by atoms with Crippen LogP contribution in [0.1, 0.15) is 35.8 Å². The highest BCUT2D eigenvalue weighted by Crippen LogP contribution is 2.22. The number of carbonyl (C=O) groups excluding carboxylic acids is 2. The summed E-state index contributed by atoms with van der Waals surface area (Å²) in [5, 5.41) is 16.5. The maximum Gasteiger partial charge on any atom is 0.255 e. The molecule has 0 bridgehead atoms. The number of rotatable bonds is 9. The molecule has 9 heteroatoms. The molecule has 1 heterocycles. The summed E-state index contributed by atoms with van der Waals surface area (Å²) in [6.45, 7) is 5.87. The molecule has 0 aliphatic rings. The first-order valence-electron chi connectivity index (χ1n) is 11.8. The maximum absolute atomic E-state index is 13.1. The molecule has 4 rings (SSSR count). The largest absolute Gasteiger partial charge is 0.381 e. The van der Waals surface area contributed by atoms with Crippen molar-refractivity contribution in [1.29, 1.82) is 0 Å². The second-order valence-electron chi connectivity index (χ2n) is 8.37. The van der Waals surface area contributed by atoms with Gasteiger partial charge in [0.15, 0.2) is 12.1 Å². The number of anilines is 3. The van der Waals surface area contributed by atoms with E-state index in [1.165, 1.54) is 0 Å². The van der Waals surface area contributed by atoms with Crippen LogP contribution in [0, 0.1) is 0 Å². The van der Waals surface area contributed by atoms with E-state index >= 15 is 0 Å². The number of carbonyl (C=O) groups is 2. The lowest BCUT2D eigenvalue weighted by Crippen LogP contribution is -2.42. The van der Waals surface area contributed by atoms with Crippen molar-refractivity contribution < 1.29 is 14.7 Å². The molecule has 0 aliphatic carbocycles. The van der Waals surface area contributed by atoms with Crippen molar-refractivity contribution in [1.82, 2.24) is 15.3 Å². The fraction of sp³-hybridized carbons (Fsp3) is 0.222. The smallest absolute Gasteiger partial charge is 0.255 e. The number of imidazole rings is 1. The van der Waals surface area contributed by atoms with Crippen LogP contribution in [0.2, 0.25) is 0 Å². The number of nitrogens with one attached hydrogen (secondary N) is 3. The molecule has 36 heavy (non-hydrogen) atoms. The van der Waals surface area contributed by atoms with Gasteiger partial charge in [0.05, 0.1) is 17.1 Å². The van der Waals surface area contributed by atoms with Gasteiger partial charge in [-0.1, -0.05) is 30.3 Å². The molecule has 0 fully saturated rings. The molecule has 0 saturated carbocycles. The molecule has 0 saturated heterocycles. The minimum absolute atomic E-state index is 0.269. The molecule has 2 amide bonds. The van der Waals surface area contributed by atoms with Crippen LogP contribution in [-0.2, 0) is 4.79 Å². The molecule has 0 spiro atoms. The number of aromatic nitrogens is 2. The van der Waals surface area contributed by atoms with Crippen molar-refractivity contribution in [2.24, 2.45) is 0 Å². The Labute approximate surface area is 209 Å². The Morgan fingerprint density at radius 1 is 1.03 bits per heavy atom. The molecular formula is C27H30N6O3. The third-order valence-corrected chi connectivity index (χ3v) is 6.06. The molecule has 4 aromatic rings. The number of hydrogen-bond acceptors (Lipinski definition) is 6. The Morgan fingerprint density at radius 2 is 1.72 bits per heavy atom. The summed E-state index contributed by atoms with van der Waals surface area (Å²) in [4.78, 5) is 35.3. The summed E-state index contributed by atoms with van der Waals surface area (Å²) in [6.07, 6.45) is -1.55. The molecule has 6 N–H and O–H groups in total. The topological polar surface area (TPSA) is 136 Å². The predicted molar refractivity (Wildman–Crippen MR) is 142 cm³/mol. The number of nitrogens with zero attached hydrogens (tertiary/aromatic N) is 2. The van der Waals surface area contributed by atoms with Crippen LogP contribution in [0.5, 0.6) is 0 Å². The molecule has 2 unspecified atom stereocenters. The van der Waals surface area contributed by atoms with E-state index in [1.54, 1.807) is 54.6 Å². The summed E-state index contributed by atoms with van der Waals surface area (Å²) in [5.74, 6) is -0.783. The number of H-pyrrole nitrogens is 1. The van der Waals surface area contributed by atoms with Crippen LogP contribution in [0.15, 0.2) is 72.8 Å². The maximum atomic E-state index is 13.1. The van der Waals surface area contributed by atoms with Gasteiger partial charge in [-0.05, 0) is 61.9 Å². The number of fused-ring (bicyclic) bond motifs is 1. The predicted octanol–water partition coefficient (Wildman–Crippen LogP) is 3.46. The zero-order chi connectivity index (χ0) is 25.7. The molecule has 3 aromatic carbocycles. The van der Waals surface area contributed by atoms with Gasteiger partial charge in [-0.15, -0.1) is 0 Å². The van der Waals surface area contributed by atoms with Crippen LogP contribution in [0.3, 0.4) is 0 Å². The lowest BCUT2D eigenvalue weighted by atomic mass is 10.00. The lowest BCUT2D eigenvalue weighted by molar-refractivity contribution is -0.125. The summed E-state index contributed by atoms with van der Waals surface area (Å²) < 4.78 is 0. The third-order valence-electron chi connectivity index (χ3n) is 6.06. The third kappa shape index (κ3) is 5.47. The van der Waals surface area contributed by atoms with Gasteiger partial charge in [-0.3, -0.25) is 9.59 Å². The van der Waals surface area contributed by atoms with Crippen molar-refractivity contribution in [3.63, 3.8) is 0 Å². The molecule has 1 aromatic heterocycles. The van der Waals surface area contributed by atoms with Gasteiger partial charge in [0.2, 0.25) is 0 Å². The molecule has 2 atom stereocenters. The highest BCUT2D eigenvalue weighted by atomic mass is 16.3. The fourth-order valence-electron chi connectivity index (χ4n) is 4.12. The minimum Gasteiger partial charge on any atom is -0.381 e. The average Bonchev–Trinajstić information content (AvgIpc) is 3.27. The van der Waals surface area contributed by atoms with Gasteiger partial charge in [-0.2, -0.15) is 0 Å². The second kappa shape index (κ2) is 10.9. The first-order valence-corrected chi connectivity index (χ1v) is 11.8. The van der Waals surface area contributed by atoms with Crippen LogP contribution in [0.25, 0.3) is 11.0 Å². The molecule has 186 valence electrons. The normalized spacial score (nSPS) is 12.6. The Hall–Kier alpha value is -4.37. The van der Waals surface area contributed by atoms with Crippen molar-refractivity contribution in [2.45, 2.75) is 26.0 Å². The van der Waals surface area contributed by atoms with E-state index in [0.29, 0.717) is 27.8 Å². The molecular weight excluding hydrogens is 456 g/mol. The second-order valence-corrected chi connectivity index (χ2v) is 8.37. The van der Waals surface area contributed by atoms with E-state index in [4.69, 9.17) is 5.73 Å². The van der Waals surface area contributed by atoms with E-state index in [-0.39, 0.29) is 5.95 Å². The first kappa shape index (κ1) is 24.7. The first-order chi connectivity index (χ1) is 17.4. The Morgan fingerprint density at radius 3 is 2.39 bits per heavy atom. The molecule has 9 nitrogen and oxygen atoms in total. The van der Waals surface area contributed by atoms with Gasteiger partial charge in [0, 0.05) is 30.0 Å². The number of benzene rings is 3. The van der Waals surface area contributed by atoms with Gasteiger partial charge in [-0.25, -0.2) is 4.98 Å². The Kier molecular flexibility index (Phi) is 7.50. The molecule has 0 radical (unpaired) electrons. The molecule has 0 aliphatic heterocycles. The Bertz CT molecular complexity index is 1330. The van der Waals surface area contributed by atoms with E-state index in [1.807, 2.05) is 18.2 Å². The summed E-state index contributed by atoms with van der Waals surface area (Å²) in [6, 6.07) is 20.3. The van der Waals surface area contributed by atoms with Crippen LogP contribution in [-0.4, -0.2) is 46.1 Å². The van der Waals surface area contributed by atoms with Crippen molar-refractivity contribution in [3.8, 4) is 0 Å². The zero-order valence-corrected chi connectivity index (χ0v) is 20.2. The quantitative estimate of drug-likeness (QED) is 0.246. The van der Waals surface area contributed by atoms with Gasteiger partial charge in [0.1, 0.15) is 0 Å². The highest BCUT2D eigenvalue weighted by molar-refractivity contribution is 5.98. The lowest BCUT2D eigenvalue weighted by Gasteiger charge is -2.24. The van der Waals surface area contributed by atoms with Gasteiger partial charge < -0.3 is 31.4 Å². The number of nitrogen functional groups attached to an aromatic ring is 1. The van der Waals surface area contributed by atoms with Gasteiger partial charge in [0.25, 0.3) is 11.8 Å². The highest BCUT2D eigenvalue weighted by Gasteiger charge is 2.29. The average molecular weight is 487 g/mol. The summed E-state index contributed by atoms with van der Waals surface area (Å²) in [7, 11) is 0. The monoisotopic (exact) mass is 486 g/mol. The van der Waals surface area contributed by atoms with E-state index in [0.717, 1.165) is 18.8 Å². The van der Waals surface area contributed by atoms with Crippen molar-refractivity contribution in [2.75, 3.05) is 29.0 Å². The van der Waals surface area contributed by atoms with Crippen molar-refractivity contribution >= 4 is 40.2 Å². The number of aliphatic hydroxyl groups is 1. The fourth-order valence-corrected chi connectivity index (χ4v) is 4.12. The summed E-state index contributed by atoms with van der Waals surface area (Å²) in [5.41, 5.74) is 9.52. The minimum atomic E-state index is -1.55. The number of nitrogens with two attached hydrogens (primary N) is 1. The summed E-state index contributed by atoms with van der Waals surface area (Å²) >= 11 is 0. The van der Waals surface area contributed by atoms with E-state index in [2.05, 4.69) is 39.3 Å². The Balaban J connectivity index is 1.53. The van der Waals surface area contributed by atoms with E-state index in [9.17, 15) is 14.7 Å². The number of amides is 2. The SMILES string of the molecule is CCN(CC)c1ccc(C(=O)NC(c2ccccc2)C(O)C(=O)Nc2ccc3nc(N)[nH]c3c2)cc1. The van der Waals surface area contributed by atoms with Crippen molar-refractivity contribution in [3.05, 3.63) is 83.9 Å². The van der Waals surface area contributed by atoms with Crippen LogP contribution >= 0.6 is 0 Å². The number of aromatic amines is 1. The van der Waals surface area contributed by atoms with E-state index < -0.39 is 24.0 Å². The van der Waals surface area contributed by atoms with Crippen LogP contribution in [0.4, 0.5) is 17.3 Å². The number of hydrogen-bond donors (Lipinski definition) is 5. The van der Waals surface area contributed by atoms with Gasteiger partial charge >= 0.3 is 0 Å². The van der Waals surface area contributed by atoms with Crippen LogP contribution < -0.4 is 21.3 Å². The standard InChI is InChI=1S/C27H30N6O3/c1-3-33(4-2)20-13-10-18(11-14-20)25(35)32-23(17-8-6-5-7-9-17)24(34)26(36)29-19-12-15-21-22(16-19)31-27(28)30-21/h5-16,23-24,34H,3-4H2,1-2H3,(H,29,36)(H,32,35)(H3,28,30,31).